The highest BCUT2D eigenvalue weighted by Gasteiger charge is 2.05. The van der Waals surface area contributed by atoms with E-state index in [9.17, 15) is 0 Å². The average molecular weight is 289 g/mol. The molecule has 1 heterocycles. The first-order valence-corrected chi connectivity index (χ1v) is 8.05. The van der Waals surface area contributed by atoms with Gasteiger partial charge in [-0.15, -0.1) is 0 Å². The molecule has 112 valence electrons. The minimum Gasteiger partial charge on any atom is -0.253 e. The van der Waals surface area contributed by atoms with Gasteiger partial charge < -0.3 is 0 Å². The average Bonchev–Trinajstić information content (AvgIpc) is 2.54. The molecular weight excluding hydrogens is 266 g/mol. The second kappa shape index (κ2) is 5.92. The highest BCUT2D eigenvalue weighted by molar-refractivity contribution is 5.84. The number of fused-ring (bicyclic) bond motifs is 1. The van der Waals surface area contributed by atoms with Crippen LogP contribution in [0.1, 0.15) is 50.8 Å². The maximum Gasteiger partial charge on any atom is 0.0705 e. The van der Waals surface area contributed by atoms with Crippen LogP contribution in [0.2, 0.25) is 0 Å². The van der Waals surface area contributed by atoms with Gasteiger partial charge in [0.05, 0.1) is 5.52 Å². The smallest absolute Gasteiger partial charge is 0.0705 e. The van der Waals surface area contributed by atoms with Crippen molar-refractivity contribution in [2.45, 2.75) is 39.5 Å². The normalized spacial score (nSPS) is 11.5. The number of benzene rings is 2. The molecule has 3 rings (SSSR count). The van der Waals surface area contributed by atoms with E-state index in [1.165, 1.54) is 22.1 Å². The van der Waals surface area contributed by atoms with Crippen LogP contribution in [-0.4, -0.2) is 4.98 Å². The van der Waals surface area contributed by atoms with Crippen molar-refractivity contribution in [1.82, 2.24) is 4.98 Å². The van der Waals surface area contributed by atoms with Crippen LogP contribution in [0, 0.1) is 0 Å². The van der Waals surface area contributed by atoms with E-state index in [1.54, 1.807) is 0 Å². The van der Waals surface area contributed by atoms with Gasteiger partial charge >= 0.3 is 0 Å². The highest BCUT2D eigenvalue weighted by atomic mass is 14.7. The molecule has 1 nitrogen and oxygen atoms in total. The lowest BCUT2D eigenvalue weighted by Gasteiger charge is -2.09. The highest BCUT2D eigenvalue weighted by Crippen LogP contribution is 2.26. The lowest BCUT2D eigenvalue weighted by Crippen LogP contribution is -1.92. The van der Waals surface area contributed by atoms with Gasteiger partial charge in [-0.3, -0.25) is 4.98 Å². The molecule has 0 radical (unpaired) electrons. The maximum absolute atomic E-state index is 4.75. The topological polar surface area (TPSA) is 12.9 Å². The van der Waals surface area contributed by atoms with E-state index in [-0.39, 0.29) is 0 Å². The van der Waals surface area contributed by atoms with Gasteiger partial charge in [0, 0.05) is 11.1 Å². The number of rotatable bonds is 3. The Morgan fingerprint density at radius 1 is 0.682 bits per heavy atom. The van der Waals surface area contributed by atoms with Crippen LogP contribution in [0.5, 0.6) is 0 Å². The van der Waals surface area contributed by atoms with Crippen molar-refractivity contribution in [3.8, 4) is 11.1 Å². The van der Waals surface area contributed by atoms with Crippen LogP contribution in [-0.2, 0) is 0 Å². The SMILES string of the molecule is CC(C)c1ccc(-c2ccc3nc(C(C)C)ccc3c2)cc1. The summed E-state index contributed by atoms with van der Waals surface area (Å²) in [6, 6.07) is 19.7. The molecule has 1 heteroatoms. The van der Waals surface area contributed by atoms with Gasteiger partial charge in [-0.05, 0) is 46.7 Å². The summed E-state index contributed by atoms with van der Waals surface area (Å²) in [6.45, 7) is 8.81. The van der Waals surface area contributed by atoms with Crippen LogP contribution < -0.4 is 0 Å². The fourth-order valence-electron chi connectivity index (χ4n) is 2.70. The Labute approximate surface area is 133 Å². The molecule has 0 N–H and O–H groups in total. The Hall–Kier alpha value is -2.15. The largest absolute Gasteiger partial charge is 0.253 e. The van der Waals surface area contributed by atoms with E-state index in [0.29, 0.717) is 11.8 Å². The minimum atomic E-state index is 0.465. The molecule has 0 saturated heterocycles. The fraction of sp³-hybridized carbons (Fsp3) is 0.286. The van der Waals surface area contributed by atoms with Gasteiger partial charge in [0.15, 0.2) is 0 Å². The van der Waals surface area contributed by atoms with Crippen molar-refractivity contribution in [3.63, 3.8) is 0 Å². The van der Waals surface area contributed by atoms with E-state index < -0.39 is 0 Å². The van der Waals surface area contributed by atoms with Crippen LogP contribution in [0.3, 0.4) is 0 Å². The first kappa shape index (κ1) is 14.8. The molecule has 0 aliphatic rings. The van der Waals surface area contributed by atoms with Crippen molar-refractivity contribution in [3.05, 3.63) is 65.9 Å². The van der Waals surface area contributed by atoms with E-state index >= 15 is 0 Å². The summed E-state index contributed by atoms with van der Waals surface area (Å²) in [7, 11) is 0. The summed E-state index contributed by atoms with van der Waals surface area (Å²) in [5.74, 6) is 1.04. The van der Waals surface area contributed by atoms with E-state index in [2.05, 4.69) is 82.3 Å². The molecule has 0 bridgehead atoms. The summed E-state index contributed by atoms with van der Waals surface area (Å²) in [5.41, 5.74) is 6.13. The van der Waals surface area contributed by atoms with Crippen LogP contribution in [0.25, 0.3) is 22.0 Å². The van der Waals surface area contributed by atoms with Crippen LogP contribution >= 0.6 is 0 Å². The van der Waals surface area contributed by atoms with Crippen molar-refractivity contribution in [2.24, 2.45) is 0 Å². The zero-order valence-corrected chi connectivity index (χ0v) is 13.8. The molecular formula is C21H23N. The Morgan fingerprint density at radius 2 is 1.36 bits per heavy atom. The van der Waals surface area contributed by atoms with Gasteiger partial charge in [-0.1, -0.05) is 64.1 Å². The third-order valence-electron chi connectivity index (χ3n) is 4.21. The Morgan fingerprint density at radius 3 is 2.00 bits per heavy atom. The molecule has 0 spiro atoms. The van der Waals surface area contributed by atoms with Crippen LogP contribution in [0.4, 0.5) is 0 Å². The summed E-state index contributed by atoms with van der Waals surface area (Å²) in [6.07, 6.45) is 0. The standard InChI is InChI=1S/C21H23N/c1-14(2)16-5-7-17(8-6-16)18-9-12-21-19(13-18)10-11-20(22-21)15(3)4/h5-15H,1-4H3. The van der Waals surface area contributed by atoms with E-state index in [4.69, 9.17) is 4.98 Å². The molecule has 0 fully saturated rings. The zero-order valence-electron chi connectivity index (χ0n) is 13.8. The molecule has 0 saturated carbocycles. The first-order chi connectivity index (χ1) is 10.5. The Kier molecular flexibility index (Phi) is 3.98. The van der Waals surface area contributed by atoms with E-state index in [0.717, 1.165) is 11.2 Å². The van der Waals surface area contributed by atoms with Gasteiger partial charge in [0.25, 0.3) is 0 Å². The second-order valence-corrected chi connectivity index (χ2v) is 6.58. The predicted molar refractivity (Wildman–Crippen MR) is 95.4 cm³/mol. The third-order valence-corrected chi connectivity index (χ3v) is 4.21. The van der Waals surface area contributed by atoms with Gasteiger partial charge in [-0.2, -0.15) is 0 Å². The Bertz CT molecular complexity index is 783. The van der Waals surface area contributed by atoms with Gasteiger partial charge in [0.1, 0.15) is 0 Å². The quantitative estimate of drug-likeness (QED) is 0.563. The number of nitrogens with zero attached hydrogens (tertiary/aromatic N) is 1. The number of hydrogen-bond acceptors (Lipinski definition) is 1. The van der Waals surface area contributed by atoms with Gasteiger partial charge in [0.2, 0.25) is 0 Å². The molecule has 3 aromatic rings. The van der Waals surface area contributed by atoms with E-state index in [1.807, 2.05) is 0 Å². The lowest BCUT2D eigenvalue weighted by atomic mass is 9.98. The molecule has 0 unspecified atom stereocenters. The van der Waals surface area contributed by atoms with Crippen LogP contribution in [0.15, 0.2) is 54.6 Å². The van der Waals surface area contributed by atoms with Crippen molar-refractivity contribution in [1.29, 1.82) is 0 Å². The van der Waals surface area contributed by atoms with Gasteiger partial charge in [-0.25, -0.2) is 0 Å². The summed E-state index contributed by atoms with van der Waals surface area (Å²) < 4.78 is 0. The lowest BCUT2D eigenvalue weighted by molar-refractivity contribution is 0.830. The first-order valence-electron chi connectivity index (χ1n) is 8.05. The summed E-state index contributed by atoms with van der Waals surface area (Å²) in [5, 5.41) is 1.20. The monoisotopic (exact) mass is 289 g/mol. The number of hydrogen-bond donors (Lipinski definition) is 0. The second-order valence-electron chi connectivity index (χ2n) is 6.58. The summed E-state index contributed by atoms with van der Waals surface area (Å²) in [4.78, 5) is 4.75. The molecule has 2 aromatic carbocycles. The number of pyridine rings is 1. The molecule has 0 atom stereocenters. The van der Waals surface area contributed by atoms with Crippen molar-refractivity contribution in [2.75, 3.05) is 0 Å². The molecule has 0 aliphatic carbocycles. The summed E-state index contributed by atoms with van der Waals surface area (Å²) >= 11 is 0. The number of aromatic nitrogens is 1. The zero-order chi connectivity index (χ0) is 15.7. The van der Waals surface area contributed by atoms with Crippen molar-refractivity contribution < 1.29 is 0 Å². The minimum absolute atomic E-state index is 0.465. The molecule has 0 amide bonds. The predicted octanol–water partition coefficient (Wildman–Crippen LogP) is 6.15. The molecule has 0 aliphatic heterocycles. The molecule has 22 heavy (non-hydrogen) atoms. The van der Waals surface area contributed by atoms with Crippen molar-refractivity contribution >= 4 is 10.9 Å². The third kappa shape index (κ3) is 2.89. The maximum atomic E-state index is 4.75. The Balaban J connectivity index is 1.99. The molecule has 1 aromatic heterocycles. The fourth-order valence-corrected chi connectivity index (χ4v) is 2.70.